The number of aryl methyl sites for hydroxylation is 2. The van der Waals surface area contributed by atoms with Crippen molar-refractivity contribution in [3.05, 3.63) is 52.3 Å². The summed E-state index contributed by atoms with van der Waals surface area (Å²) in [5.41, 5.74) is 5.75. The van der Waals surface area contributed by atoms with Crippen LogP contribution in [0.25, 0.3) is 0 Å². The summed E-state index contributed by atoms with van der Waals surface area (Å²) in [6, 6.07) is 8.38. The summed E-state index contributed by atoms with van der Waals surface area (Å²) < 4.78 is 2.05. The van der Waals surface area contributed by atoms with E-state index in [9.17, 15) is 5.11 Å². The molecule has 0 saturated heterocycles. The van der Waals surface area contributed by atoms with E-state index in [2.05, 4.69) is 50.1 Å². The zero-order chi connectivity index (χ0) is 13.8. The molecule has 0 amide bonds. The number of nitrogens with zero attached hydrogens (tertiary/aromatic N) is 2. The Bertz CT molecular complexity index is 558. The molecule has 0 radical (unpaired) electrons. The van der Waals surface area contributed by atoms with Crippen LogP contribution in [-0.4, -0.2) is 14.9 Å². The van der Waals surface area contributed by atoms with Gasteiger partial charge in [0, 0.05) is 11.3 Å². The minimum Gasteiger partial charge on any atom is -0.392 e. The molecular formula is C16H22N2O. The normalized spacial score (nSPS) is 10.9. The maximum absolute atomic E-state index is 9.54. The van der Waals surface area contributed by atoms with Crippen LogP contribution in [-0.2, 0) is 26.0 Å². The quantitative estimate of drug-likeness (QED) is 0.895. The fourth-order valence-electron chi connectivity index (χ4n) is 2.53. The van der Waals surface area contributed by atoms with Gasteiger partial charge in [-0.05, 0) is 30.9 Å². The van der Waals surface area contributed by atoms with Crippen LogP contribution in [0.15, 0.2) is 24.3 Å². The van der Waals surface area contributed by atoms with Gasteiger partial charge in [-0.25, -0.2) is 0 Å². The van der Waals surface area contributed by atoms with Crippen LogP contribution < -0.4 is 0 Å². The molecular weight excluding hydrogens is 236 g/mol. The van der Waals surface area contributed by atoms with Gasteiger partial charge >= 0.3 is 0 Å². The van der Waals surface area contributed by atoms with Gasteiger partial charge in [-0.15, -0.1) is 0 Å². The van der Waals surface area contributed by atoms with Crippen molar-refractivity contribution in [1.82, 2.24) is 9.78 Å². The third-order valence-corrected chi connectivity index (χ3v) is 3.66. The number of hydrogen-bond acceptors (Lipinski definition) is 2. The van der Waals surface area contributed by atoms with Gasteiger partial charge in [0.1, 0.15) is 0 Å². The fraction of sp³-hybridized carbons (Fsp3) is 0.438. The minimum absolute atomic E-state index is 0.0835. The molecule has 3 nitrogen and oxygen atoms in total. The molecule has 0 aliphatic carbocycles. The van der Waals surface area contributed by atoms with Gasteiger partial charge in [0.15, 0.2) is 0 Å². The summed E-state index contributed by atoms with van der Waals surface area (Å²) in [7, 11) is 0. The molecule has 0 aliphatic heterocycles. The van der Waals surface area contributed by atoms with E-state index in [1.165, 1.54) is 11.1 Å². The molecule has 0 saturated carbocycles. The molecule has 1 aromatic carbocycles. The molecule has 1 heterocycles. The molecule has 0 bridgehead atoms. The second-order valence-electron chi connectivity index (χ2n) is 4.82. The van der Waals surface area contributed by atoms with E-state index in [1.54, 1.807) is 0 Å². The van der Waals surface area contributed by atoms with Crippen LogP contribution in [0.3, 0.4) is 0 Å². The van der Waals surface area contributed by atoms with E-state index in [-0.39, 0.29) is 6.61 Å². The third kappa shape index (κ3) is 2.71. The SMILES string of the molecule is CCc1nn(Cc2ccccc2C)c(CC)c1CO. The topological polar surface area (TPSA) is 38.0 Å². The highest BCUT2D eigenvalue weighted by Crippen LogP contribution is 2.18. The Kier molecular flexibility index (Phi) is 4.38. The minimum atomic E-state index is 0.0835. The van der Waals surface area contributed by atoms with Crippen molar-refractivity contribution in [2.45, 2.75) is 46.8 Å². The lowest BCUT2D eigenvalue weighted by atomic mass is 10.1. The van der Waals surface area contributed by atoms with E-state index in [1.807, 2.05) is 4.68 Å². The molecule has 0 fully saturated rings. The van der Waals surface area contributed by atoms with Crippen molar-refractivity contribution < 1.29 is 5.11 Å². The Balaban J connectivity index is 2.40. The van der Waals surface area contributed by atoms with Crippen molar-refractivity contribution in [3.63, 3.8) is 0 Å². The summed E-state index contributed by atoms with van der Waals surface area (Å²) >= 11 is 0. The average molecular weight is 258 g/mol. The van der Waals surface area contributed by atoms with E-state index in [0.29, 0.717) is 0 Å². The predicted octanol–water partition coefficient (Wildman–Crippen LogP) is 2.86. The van der Waals surface area contributed by atoms with Crippen LogP contribution in [0.2, 0.25) is 0 Å². The Morgan fingerprint density at radius 2 is 1.89 bits per heavy atom. The van der Waals surface area contributed by atoms with Crippen molar-refractivity contribution in [2.75, 3.05) is 0 Å². The first-order valence-electron chi connectivity index (χ1n) is 6.94. The number of rotatable bonds is 5. The highest BCUT2D eigenvalue weighted by molar-refractivity contribution is 5.29. The standard InChI is InChI=1S/C16H22N2O/c1-4-15-14(11-19)16(5-2)18(17-15)10-13-9-7-6-8-12(13)3/h6-9,19H,4-5,10-11H2,1-3H3. The Labute approximate surface area is 114 Å². The summed E-state index contributed by atoms with van der Waals surface area (Å²) in [5.74, 6) is 0. The first kappa shape index (κ1) is 13.8. The van der Waals surface area contributed by atoms with Crippen LogP contribution in [0.4, 0.5) is 0 Å². The second kappa shape index (κ2) is 6.02. The highest BCUT2D eigenvalue weighted by Gasteiger charge is 2.15. The highest BCUT2D eigenvalue weighted by atomic mass is 16.3. The molecule has 2 aromatic rings. The van der Waals surface area contributed by atoms with Crippen molar-refractivity contribution in [3.8, 4) is 0 Å². The third-order valence-electron chi connectivity index (χ3n) is 3.66. The predicted molar refractivity (Wildman–Crippen MR) is 77.2 cm³/mol. The Morgan fingerprint density at radius 1 is 1.16 bits per heavy atom. The van der Waals surface area contributed by atoms with Crippen molar-refractivity contribution >= 4 is 0 Å². The zero-order valence-electron chi connectivity index (χ0n) is 12.0. The molecule has 0 unspecified atom stereocenters. The molecule has 102 valence electrons. The summed E-state index contributed by atoms with van der Waals surface area (Å²) in [6.45, 7) is 7.18. The van der Waals surface area contributed by atoms with Gasteiger partial charge in [0.2, 0.25) is 0 Å². The summed E-state index contributed by atoms with van der Waals surface area (Å²) in [5, 5.41) is 14.2. The number of benzene rings is 1. The van der Waals surface area contributed by atoms with Gasteiger partial charge in [0.25, 0.3) is 0 Å². The number of aliphatic hydroxyl groups excluding tert-OH is 1. The van der Waals surface area contributed by atoms with Crippen molar-refractivity contribution in [1.29, 1.82) is 0 Å². The average Bonchev–Trinajstić information content (AvgIpc) is 2.78. The molecule has 1 aromatic heterocycles. The number of aliphatic hydroxyl groups is 1. The summed E-state index contributed by atoms with van der Waals surface area (Å²) in [6.07, 6.45) is 1.76. The van der Waals surface area contributed by atoms with Gasteiger partial charge in [0.05, 0.1) is 18.8 Å². The van der Waals surface area contributed by atoms with E-state index in [4.69, 9.17) is 0 Å². The van der Waals surface area contributed by atoms with Gasteiger partial charge < -0.3 is 5.11 Å². The van der Waals surface area contributed by atoms with Crippen molar-refractivity contribution in [2.24, 2.45) is 0 Å². The summed E-state index contributed by atoms with van der Waals surface area (Å²) in [4.78, 5) is 0. The first-order chi connectivity index (χ1) is 9.21. The van der Waals surface area contributed by atoms with E-state index >= 15 is 0 Å². The van der Waals surface area contributed by atoms with Gasteiger partial charge in [-0.1, -0.05) is 38.1 Å². The smallest absolute Gasteiger partial charge is 0.0718 e. The Hall–Kier alpha value is -1.61. The molecule has 1 N–H and O–H groups in total. The molecule has 0 aliphatic rings. The zero-order valence-corrected chi connectivity index (χ0v) is 12.0. The number of aromatic nitrogens is 2. The lowest BCUT2D eigenvalue weighted by Crippen LogP contribution is -2.07. The van der Waals surface area contributed by atoms with Crippen LogP contribution in [0.1, 0.15) is 41.9 Å². The maximum atomic E-state index is 9.54. The molecule has 0 atom stereocenters. The Morgan fingerprint density at radius 3 is 2.47 bits per heavy atom. The van der Waals surface area contributed by atoms with E-state index < -0.39 is 0 Å². The lowest BCUT2D eigenvalue weighted by Gasteiger charge is -2.09. The molecule has 3 heteroatoms. The van der Waals surface area contributed by atoms with Crippen LogP contribution in [0, 0.1) is 6.92 Å². The fourth-order valence-corrected chi connectivity index (χ4v) is 2.53. The van der Waals surface area contributed by atoms with Gasteiger partial charge in [-0.2, -0.15) is 5.10 Å². The lowest BCUT2D eigenvalue weighted by molar-refractivity contribution is 0.279. The monoisotopic (exact) mass is 258 g/mol. The largest absolute Gasteiger partial charge is 0.392 e. The molecule has 2 rings (SSSR count). The van der Waals surface area contributed by atoms with Crippen LogP contribution in [0.5, 0.6) is 0 Å². The van der Waals surface area contributed by atoms with Crippen LogP contribution >= 0.6 is 0 Å². The molecule has 0 spiro atoms. The first-order valence-corrected chi connectivity index (χ1v) is 6.94. The maximum Gasteiger partial charge on any atom is 0.0718 e. The number of hydrogen-bond donors (Lipinski definition) is 1. The second-order valence-corrected chi connectivity index (χ2v) is 4.82. The van der Waals surface area contributed by atoms with E-state index in [0.717, 1.165) is 36.3 Å². The van der Waals surface area contributed by atoms with Gasteiger partial charge in [-0.3, -0.25) is 4.68 Å². The molecule has 19 heavy (non-hydrogen) atoms.